The van der Waals surface area contributed by atoms with Crippen molar-refractivity contribution < 1.29 is 28.7 Å². The maximum atomic E-state index is 13.0. The Morgan fingerprint density at radius 3 is 2.43 bits per heavy atom. The minimum Gasteiger partial charge on any atom is -0.497 e. The maximum absolute atomic E-state index is 13.0. The van der Waals surface area contributed by atoms with Gasteiger partial charge in [-0.1, -0.05) is 30.3 Å². The standard InChI is InChI=1S/C24H20N4O7/c1-33-18-9-7-15(8-10-18)22(26-23(29)16-5-3-2-4-6-16)24(30)27-25-13-17-11-20-21(35-14-34-20)12-19(17)28(31)32/h2-13,22H,14H2,1H3,(H,26,29)(H,27,30)/b25-13+. The van der Waals surface area contributed by atoms with Gasteiger partial charge in [-0.3, -0.25) is 19.7 Å². The molecule has 3 aromatic carbocycles. The largest absolute Gasteiger partial charge is 0.497 e. The van der Waals surface area contributed by atoms with Gasteiger partial charge in [-0.05, 0) is 35.9 Å². The van der Waals surface area contributed by atoms with E-state index in [-0.39, 0.29) is 23.8 Å². The minimum atomic E-state index is -1.10. The van der Waals surface area contributed by atoms with Gasteiger partial charge in [0.25, 0.3) is 17.5 Å². The molecule has 11 heteroatoms. The molecule has 1 aliphatic rings. The first kappa shape index (κ1) is 23.2. The van der Waals surface area contributed by atoms with Crippen LogP contribution in [0.3, 0.4) is 0 Å². The molecule has 2 amide bonds. The Balaban J connectivity index is 1.56. The SMILES string of the molecule is COc1ccc(C(NC(=O)c2ccccc2)C(=O)N/N=C/c2cc3c(cc2[N+](=O)[O-])OCO3)cc1. The number of carbonyl (C=O) groups is 2. The van der Waals surface area contributed by atoms with Crippen LogP contribution in [0.4, 0.5) is 5.69 Å². The highest BCUT2D eigenvalue weighted by atomic mass is 16.7. The Hall–Kier alpha value is -4.93. The van der Waals surface area contributed by atoms with Crippen LogP contribution in [0.25, 0.3) is 0 Å². The number of nitro groups is 1. The number of ether oxygens (including phenoxy) is 3. The second kappa shape index (κ2) is 10.3. The molecule has 0 saturated carbocycles. The molecule has 0 bridgehead atoms. The van der Waals surface area contributed by atoms with Gasteiger partial charge < -0.3 is 19.5 Å². The number of nitrogens with zero attached hydrogens (tertiary/aromatic N) is 2. The van der Waals surface area contributed by atoms with Crippen molar-refractivity contribution in [1.29, 1.82) is 0 Å². The van der Waals surface area contributed by atoms with E-state index < -0.39 is 22.8 Å². The van der Waals surface area contributed by atoms with E-state index in [0.717, 1.165) is 6.21 Å². The van der Waals surface area contributed by atoms with Crippen molar-refractivity contribution in [2.75, 3.05) is 13.9 Å². The van der Waals surface area contributed by atoms with E-state index in [9.17, 15) is 19.7 Å². The van der Waals surface area contributed by atoms with Crippen molar-refractivity contribution in [3.05, 3.63) is 93.5 Å². The van der Waals surface area contributed by atoms with Crippen LogP contribution in [-0.4, -0.2) is 36.9 Å². The summed E-state index contributed by atoms with van der Waals surface area (Å²) >= 11 is 0. The molecule has 35 heavy (non-hydrogen) atoms. The molecular formula is C24H20N4O7. The predicted octanol–water partition coefficient (Wildman–Crippen LogP) is 2.95. The lowest BCUT2D eigenvalue weighted by Gasteiger charge is -2.18. The summed E-state index contributed by atoms with van der Waals surface area (Å²) in [6.45, 7) is -0.0471. The van der Waals surface area contributed by atoms with Gasteiger partial charge in [0, 0.05) is 5.56 Å². The van der Waals surface area contributed by atoms with E-state index in [1.165, 1.54) is 19.2 Å². The first-order chi connectivity index (χ1) is 17.0. The number of amides is 2. The molecule has 1 heterocycles. The maximum Gasteiger partial charge on any atom is 0.282 e. The molecule has 0 saturated heterocycles. The third kappa shape index (κ3) is 5.36. The van der Waals surface area contributed by atoms with Crippen LogP contribution >= 0.6 is 0 Å². The Morgan fingerprint density at radius 1 is 1.09 bits per heavy atom. The summed E-state index contributed by atoms with van der Waals surface area (Å²) in [6, 6.07) is 16.5. The minimum absolute atomic E-state index is 0.0471. The lowest BCUT2D eigenvalue weighted by atomic mass is 10.1. The smallest absolute Gasteiger partial charge is 0.282 e. The van der Waals surface area contributed by atoms with Gasteiger partial charge in [0.05, 0.1) is 29.9 Å². The van der Waals surface area contributed by atoms with E-state index in [2.05, 4.69) is 15.8 Å². The van der Waals surface area contributed by atoms with Gasteiger partial charge in [-0.25, -0.2) is 5.43 Å². The van der Waals surface area contributed by atoms with Crippen molar-refractivity contribution in [3.8, 4) is 17.2 Å². The Bertz CT molecular complexity index is 1280. The highest BCUT2D eigenvalue weighted by Crippen LogP contribution is 2.37. The van der Waals surface area contributed by atoms with Crippen LogP contribution in [0.2, 0.25) is 0 Å². The number of hydrogen-bond donors (Lipinski definition) is 2. The summed E-state index contributed by atoms with van der Waals surface area (Å²) in [5.74, 6) is 0.0437. The molecule has 0 aromatic heterocycles. The average Bonchev–Trinajstić information content (AvgIpc) is 3.34. The molecule has 1 unspecified atom stereocenters. The van der Waals surface area contributed by atoms with Crippen molar-refractivity contribution in [2.24, 2.45) is 5.10 Å². The van der Waals surface area contributed by atoms with Crippen LogP contribution in [0.5, 0.6) is 17.2 Å². The molecule has 0 aliphatic carbocycles. The van der Waals surface area contributed by atoms with Gasteiger partial charge >= 0.3 is 0 Å². The number of benzene rings is 3. The zero-order valence-electron chi connectivity index (χ0n) is 18.5. The van der Waals surface area contributed by atoms with Gasteiger partial charge in [0.15, 0.2) is 11.5 Å². The number of nitrogens with one attached hydrogen (secondary N) is 2. The van der Waals surface area contributed by atoms with Gasteiger partial charge in [0.2, 0.25) is 6.79 Å². The molecule has 0 radical (unpaired) electrons. The normalized spacial score (nSPS) is 12.7. The highest BCUT2D eigenvalue weighted by molar-refractivity contribution is 5.98. The molecule has 0 spiro atoms. The second-order valence-electron chi connectivity index (χ2n) is 7.30. The molecule has 11 nitrogen and oxygen atoms in total. The summed E-state index contributed by atoms with van der Waals surface area (Å²) in [5, 5.41) is 18.0. The molecule has 1 aliphatic heterocycles. The molecule has 4 rings (SSSR count). The van der Waals surface area contributed by atoms with E-state index in [1.807, 2.05) is 0 Å². The number of carbonyl (C=O) groups excluding carboxylic acids is 2. The Kier molecular flexibility index (Phi) is 6.86. The lowest BCUT2D eigenvalue weighted by Crippen LogP contribution is -2.38. The second-order valence-corrected chi connectivity index (χ2v) is 7.30. The molecule has 0 fully saturated rings. The van der Waals surface area contributed by atoms with Crippen LogP contribution < -0.4 is 25.0 Å². The summed E-state index contributed by atoms with van der Waals surface area (Å²) in [5.41, 5.74) is 3.03. The first-order valence-electron chi connectivity index (χ1n) is 10.4. The third-order valence-corrected chi connectivity index (χ3v) is 5.12. The van der Waals surface area contributed by atoms with Crippen molar-refractivity contribution in [2.45, 2.75) is 6.04 Å². The summed E-state index contributed by atoms with van der Waals surface area (Å²) in [7, 11) is 1.51. The fourth-order valence-electron chi connectivity index (χ4n) is 3.34. The van der Waals surface area contributed by atoms with E-state index in [0.29, 0.717) is 22.6 Å². The first-order valence-corrected chi connectivity index (χ1v) is 10.4. The van der Waals surface area contributed by atoms with Crippen LogP contribution in [0, 0.1) is 10.1 Å². The summed E-state index contributed by atoms with van der Waals surface area (Å²) in [6.07, 6.45) is 1.13. The van der Waals surface area contributed by atoms with Gasteiger partial charge in [-0.15, -0.1) is 0 Å². The Labute approximate surface area is 199 Å². The number of nitro benzene ring substituents is 1. The fraction of sp³-hybridized carbons (Fsp3) is 0.125. The highest BCUT2D eigenvalue weighted by Gasteiger charge is 2.25. The van der Waals surface area contributed by atoms with Gasteiger partial charge in [-0.2, -0.15) is 5.10 Å². The lowest BCUT2D eigenvalue weighted by molar-refractivity contribution is -0.385. The predicted molar refractivity (Wildman–Crippen MR) is 125 cm³/mol. The number of hydrogen-bond acceptors (Lipinski definition) is 8. The van der Waals surface area contributed by atoms with Crippen molar-refractivity contribution in [1.82, 2.24) is 10.7 Å². The monoisotopic (exact) mass is 476 g/mol. The number of fused-ring (bicyclic) bond motifs is 1. The zero-order valence-corrected chi connectivity index (χ0v) is 18.5. The van der Waals surface area contributed by atoms with Gasteiger partial charge in [0.1, 0.15) is 11.8 Å². The topological polar surface area (TPSA) is 141 Å². The summed E-state index contributed by atoms with van der Waals surface area (Å²) in [4.78, 5) is 36.6. The average molecular weight is 476 g/mol. The molecule has 178 valence electrons. The Morgan fingerprint density at radius 2 is 1.77 bits per heavy atom. The van der Waals surface area contributed by atoms with E-state index >= 15 is 0 Å². The van der Waals surface area contributed by atoms with Crippen molar-refractivity contribution >= 4 is 23.7 Å². The fourth-order valence-corrected chi connectivity index (χ4v) is 3.34. The van der Waals surface area contributed by atoms with E-state index in [4.69, 9.17) is 14.2 Å². The van der Waals surface area contributed by atoms with Crippen LogP contribution in [0.1, 0.15) is 27.5 Å². The molecule has 1 atom stereocenters. The number of methoxy groups -OCH3 is 1. The van der Waals surface area contributed by atoms with E-state index in [1.54, 1.807) is 54.6 Å². The number of hydrazone groups is 1. The van der Waals surface area contributed by atoms with Crippen LogP contribution in [-0.2, 0) is 4.79 Å². The molecule has 2 N–H and O–H groups in total. The van der Waals surface area contributed by atoms with Crippen LogP contribution in [0.15, 0.2) is 71.8 Å². The molecule has 3 aromatic rings. The summed E-state index contributed by atoms with van der Waals surface area (Å²) < 4.78 is 15.6. The zero-order chi connectivity index (χ0) is 24.8. The van der Waals surface area contributed by atoms with Crippen molar-refractivity contribution in [3.63, 3.8) is 0 Å². The number of rotatable bonds is 8. The molecular weight excluding hydrogens is 456 g/mol. The third-order valence-electron chi connectivity index (χ3n) is 5.12. The quantitative estimate of drug-likeness (QED) is 0.289.